The Balaban J connectivity index is 2.07. The number of rotatable bonds is 2. The van der Waals surface area contributed by atoms with Crippen molar-refractivity contribution < 1.29 is 13.6 Å². The molecule has 0 spiro atoms. The molecule has 4 nitrogen and oxygen atoms in total. The number of nitrogens with one attached hydrogen (secondary N) is 2. The molecule has 2 amide bonds. The summed E-state index contributed by atoms with van der Waals surface area (Å²) in [5, 5.41) is 13.2. The summed E-state index contributed by atoms with van der Waals surface area (Å²) in [4.78, 5) is 11.6. The van der Waals surface area contributed by atoms with Gasteiger partial charge < -0.3 is 10.6 Å². The fourth-order valence-electron chi connectivity index (χ4n) is 1.54. The highest BCUT2D eigenvalue weighted by Crippen LogP contribution is 2.16. The van der Waals surface area contributed by atoms with Crippen LogP contribution in [-0.4, -0.2) is 6.03 Å². The molecule has 2 rings (SSSR count). The number of nitrogens with zero attached hydrogens (tertiary/aromatic N) is 1. The van der Waals surface area contributed by atoms with E-state index in [0.717, 1.165) is 12.1 Å². The van der Waals surface area contributed by atoms with Crippen LogP contribution in [0, 0.1) is 23.0 Å². The zero-order valence-electron chi connectivity index (χ0n) is 10.2. The van der Waals surface area contributed by atoms with Gasteiger partial charge in [0.15, 0.2) is 0 Å². The summed E-state index contributed by atoms with van der Waals surface area (Å²) in [7, 11) is 0. The van der Waals surface area contributed by atoms with E-state index in [2.05, 4.69) is 10.6 Å². The molecule has 2 N–H and O–H groups in total. The van der Waals surface area contributed by atoms with Crippen molar-refractivity contribution in [1.29, 1.82) is 5.26 Å². The van der Waals surface area contributed by atoms with Crippen LogP contribution >= 0.6 is 0 Å². The average molecular weight is 273 g/mol. The largest absolute Gasteiger partial charge is 0.323 e. The molecule has 0 bridgehead atoms. The van der Waals surface area contributed by atoms with Crippen LogP contribution in [0.15, 0.2) is 42.5 Å². The predicted molar refractivity (Wildman–Crippen MR) is 70.2 cm³/mol. The Labute approximate surface area is 113 Å². The van der Waals surface area contributed by atoms with Crippen molar-refractivity contribution in [3.8, 4) is 6.07 Å². The van der Waals surface area contributed by atoms with Crippen LogP contribution < -0.4 is 10.6 Å². The summed E-state index contributed by atoms with van der Waals surface area (Å²) in [5.41, 5.74) is 0.327. The number of halogens is 2. The first-order chi connectivity index (χ1) is 9.58. The third kappa shape index (κ3) is 3.29. The first-order valence-corrected chi connectivity index (χ1v) is 5.62. The molecule has 0 aliphatic carbocycles. The van der Waals surface area contributed by atoms with Crippen molar-refractivity contribution in [3.05, 3.63) is 59.7 Å². The lowest BCUT2D eigenvalue weighted by Crippen LogP contribution is -2.20. The molecule has 0 fully saturated rings. The first kappa shape index (κ1) is 13.5. The minimum absolute atomic E-state index is 0.0714. The molecule has 2 aromatic rings. The SMILES string of the molecule is N#Cc1ccc(NC(=O)Nc2cccc(F)c2)c(F)c1. The quantitative estimate of drug-likeness (QED) is 0.879. The van der Waals surface area contributed by atoms with Crippen LogP contribution in [0.5, 0.6) is 0 Å². The van der Waals surface area contributed by atoms with Crippen molar-refractivity contribution in [3.63, 3.8) is 0 Å². The molecule has 0 unspecified atom stereocenters. The van der Waals surface area contributed by atoms with Crippen molar-refractivity contribution in [2.24, 2.45) is 0 Å². The van der Waals surface area contributed by atoms with Crippen LogP contribution in [0.1, 0.15) is 5.56 Å². The minimum Gasteiger partial charge on any atom is -0.308 e. The van der Waals surface area contributed by atoms with E-state index in [1.54, 1.807) is 6.07 Å². The molecule has 20 heavy (non-hydrogen) atoms. The zero-order chi connectivity index (χ0) is 14.5. The number of urea groups is 1. The van der Waals surface area contributed by atoms with E-state index in [-0.39, 0.29) is 16.9 Å². The van der Waals surface area contributed by atoms with Crippen molar-refractivity contribution in [2.75, 3.05) is 10.6 Å². The van der Waals surface area contributed by atoms with Crippen LogP contribution in [0.4, 0.5) is 25.0 Å². The van der Waals surface area contributed by atoms with Crippen molar-refractivity contribution in [1.82, 2.24) is 0 Å². The Kier molecular flexibility index (Phi) is 3.91. The van der Waals surface area contributed by atoms with Crippen LogP contribution in [0.2, 0.25) is 0 Å². The second-order valence-electron chi connectivity index (χ2n) is 3.90. The third-order valence-corrected chi connectivity index (χ3v) is 2.43. The van der Waals surface area contributed by atoms with Gasteiger partial charge in [-0.3, -0.25) is 0 Å². The Morgan fingerprint density at radius 2 is 1.90 bits per heavy atom. The van der Waals surface area contributed by atoms with Gasteiger partial charge in [0.1, 0.15) is 11.6 Å². The summed E-state index contributed by atoms with van der Waals surface area (Å²) < 4.78 is 26.5. The van der Waals surface area contributed by atoms with Crippen LogP contribution in [0.25, 0.3) is 0 Å². The van der Waals surface area contributed by atoms with Crippen molar-refractivity contribution >= 4 is 17.4 Å². The van der Waals surface area contributed by atoms with Crippen molar-refractivity contribution in [2.45, 2.75) is 0 Å². The first-order valence-electron chi connectivity index (χ1n) is 5.62. The highest BCUT2D eigenvalue weighted by Gasteiger charge is 2.08. The zero-order valence-corrected chi connectivity index (χ0v) is 10.2. The normalized spacial score (nSPS) is 9.65. The average Bonchev–Trinajstić information content (AvgIpc) is 2.41. The molecule has 2 aromatic carbocycles. The van der Waals surface area contributed by atoms with E-state index < -0.39 is 17.7 Å². The fraction of sp³-hybridized carbons (Fsp3) is 0. The minimum atomic E-state index is -0.724. The van der Waals surface area contributed by atoms with Gasteiger partial charge >= 0.3 is 6.03 Å². The molecule has 0 aromatic heterocycles. The highest BCUT2D eigenvalue weighted by molar-refractivity contribution is 5.99. The van der Waals surface area contributed by atoms with Gasteiger partial charge in [-0.1, -0.05) is 6.07 Å². The maximum atomic E-state index is 13.5. The Hall–Kier alpha value is -2.94. The highest BCUT2D eigenvalue weighted by atomic mass is 19.1. The van der Waals surface area contributed by atoms with E-state index in [1.807, 2.05) is 0 Å². The standard InChI is InChI=1S/C14H9F2N3O/c15-10-2-1-3-11(7-10)18-14(20)19-13-5-4-9(8-17)6-12(13)16/h1-7H,(H2,18,19,20). The lowest BCUT2D eigenvalue weighted by molar-refractivity contribution is 0.262. The number of hydrogen-bond acceptors (Lipinski definition) is 2. The van der Waals surface area contributed by atoms with Gasteiger partial charge in [0.05, 0.1) is 17.3 Å². The summed E-state index contributed by atoms with van der Waals surface area (Å²) in [6, 6.07) is 10.0. The maximum Gasteiger partial charge on any atom is 0.323 e. The van der Waals surface area contributed by atoms with Gasteiger partial charge in [0.2, 0.25) is 0 Å². The van der Waals surface area contributed by atoms with E-state index in [1.165, 1.54) is 30.3 Å². The van der Waals surface area contributed by atoms with Gasteiger partial charge in [-0.2, -0.15) is 5.26 Å². The van der Waals surface area contributed by atoms with Gasteiger partial charge in [-0.15, -0.1) is 0 Å². The molecule has 0 radical (unpaired) electrons. The van der Waals surface area contributed by atoms with Crippen LogP contribution in [0.3, 0.4) is 0 Å². The number of hydrogen-bond donors (Lipinski definition) is 2. The van der Waals surface area contributed by atoms with Gasteiger partial charge in [0, 0.05) is 5.69 Å². The van der Waals surface area contributed by atoms with Crippen LogP contribution in [-0.2, 0) is 0 Å². The number of carbonyl (C=O) groups excluding carboxylic acids is 1. The second-order valence-corrected chi connectivity index (χ2v) is 3.90. The van der Waals surface area contributed by atoms with E-state index in [9.17, 15) is 13.6 Å². The predicted octanol–water partition coefficient (Wildman–Crippen LogP) is 3.48. The van der Waals surface area contributed by atoms with Gasteiger partial charge in [0.25, 0.3) is 0 Å². The molecular formula is C14H9F2N3O. The molecule has 0 saturated heterocycles. The number of carbonyl (C=O) groups is 1. The summed E-state index contributed by atoms with van der Waals surface area (Å²) in [6.45, 7) is 0. The molecule has 0 heterocycles. The molecule has 0 aliphatic heterocycles. The molecule has 0 atom stereocenters. The summed E-state index contributed by atoms with van der Waals surface area (Å²) in [5.74, 6) is -1.22. The third-order valence-electron chi connectivity index (χ3n) is 2.43. The monoisotopic (exact) mass is 273 g/mol. The lowest BCUT2D eigenvalue weighted by atomic mass is 10.2. The molecule has 100 valence electrons. The number of amides is 2. The number of nitriles is 1. The maximum absolute atomic E-state index is 13.5. The Morgan fingerprint density at radius 3 is 2.55 bits per heavy atom. The van der Waals surface area contributed by atoms with E-state index >= 15 is 0 Å². The topological polar surface area (TPSA) is 64.9 Å². The van der Waals surface area contributed by atoms with Gasteiger partial charge in [-0.25, -0.2) is 13.6 Å². The van der Waals surface area contributed by atoms with Gasteiger partial charge in [-0.05, 0) is 36.4 Å². The summed E-state index contributed by atoms with van der Waals surface area (Å²) in [6.07, 6.45) is 0. The number of anilines is 2. The summed E-state index contributed by atoms with van der Waals surface area (Å²) >= 11 is 0. The molecular weight excluding hydrogens is 264 g/mol. The Bertz CT molecular complexity index is 695. The van der Waals surface area contributed by atoms with E-state index in [0.29, 0.717) is 0 Å². The second kappa shape index (κ2) is 5.80. The number of benzene rings is 2. The molecule has 0 saturated carbocycles. The fourth-order valence-corrected chi connectivity index (χ4v) is 1.54. The Morgan fingerprint density at radius 1 is 1.10 bits per heavy atom. The van der Waals surface area contributed by atoms with E-state index in [4.69, 9.17) is 5.26 Å². The molecule has 6 heteroatoms. The smallest absolute Gasteiger partial charge is 0.308 e. The lowest BCUT2D eigenvalue weighted by Gasteiger charge is -2.08. The molecule has 0 aliphatic rings.